The molecule has 0 heterocycles. The van der Waals surface area contributed by atoms with Crippen LogP contribution in [0.25, 0.3) is 6.08 Å². The molecule has 0 aliphatic heterocycles. The molecule has 0 aliphatic carbocycles. The van der Waals surface area contributed by atoms with Crippen LogP contribution in [0.1, 0.15) is 15.9 Å². The molecule has 0 saturated carbocycles. The number of aliphatic hydroxyl groups is 1. The van der Waals surface area contributed by atoms with Gasteiger partial charge >= 0.3 is 0 Å². The fourth-order valence-corrected chi connectivity index (χ4v) is 2.32. The first-order valence-electron chi connectivity index (χ1n) is 7.61. The number of aliphatic hydroxyl groups excluding tert-OH is 1. The monoisotopic (exact) mass is 329 g/mol. The smallest absolute Gasteiger partial charge is 0.260 e. The van der Waals surface area contributed by atoms with E-state index in [9.17, 15) is 14.3 Å². The molecule has 0 bridgehead atoms. The molecule has 126 valence electrons. The average Bonchev–Trinajstić information content (AvgIpc) is 2.61. The van der Waals surface area contributed by atoms with Crippen molar-refractivity contribution in [2.75, 3.05) is 26.8 Å². The molecule has 2 rings (SSSR count). The van der Waals surface area contributed by atoms with Gasteiger partial charge in [-0.1, -0.05) is 48.6 Å². The second kappa shape index (κ2) is 8.84. The van der Waals surface area contributed by atoms with Gasteiger partial charge in [-0.15, -0.1) is 0 Å². The molecule has 0 saturated heterocycles. The summed E-state index contributed by atoms with van der Waals surface area (Å²) in [6.07, 6.45) is 3.67. The minimum absolute atomic E-state index is 0.107. The van der Waals surface area contributed by atoms with Crippen LogP contribution in [-0.4, -0.2) is 42.7 Å². The molecule has 0 radical (unpaired) electrons. The molecule has 24 heavy (non-hydrogen) atoms. The van der Waals surface area contributed by atoms with E-state index in [1.807, 2.05) is 36.4 Å². The number of carbonyl (C=O) groups excluding carboxylic acids is 1. The number of hydrogen-bond acceptors (Lipinski definition) is 3. The van der Waals surface area contributed by atoms with Crippen LogP contribution in [0.3, 0.4) is 0 Å². The SMILES string of the molecule is COc1cccc(F)c1C(=O)N(C/C=C/c1ccccc1)CCO. The Balaban J connectivity index is 2.18. The van der Waals surface area contributed by atoms with Gasteiger partial charge < -0.3 is 14.7 Å². The molecule has 5 heteroatoms. The van der Waals surface area contributed by atoms with E-state index in [1.54, 1.807) is 6.08 Å². The molecule has 4 nitrogen and oxygen atoms in total. The summed E-state index contributed by atoms with van der Waals surface area (Å²) < 4.78 is 19.1. The van der Waals surface area contributed by atoms with Gasteiger partial charge in [0.05, 0.1) is 13.7 Å². The Hall–Kier alpha value is -2.66. The van der Waals surface area contributed by atoms with Gasteiger partial charge in [0.15, 0.2) is 0 Å². The standard InChI is InChI=1S/C19H20FNO3/c1-24-17-11-5-10-16(20)18(17)19(23)21(13-14-22)12-6-9-15-7-3-2-4-8-15/h2-11,22H,12-14H2,1H3/b9-6+. The molecule has 0 unspecified atom stereocenters. The van der Waals surface area contributed by atoms with Crippen molar-refractivity contribution < 1.29 is 19.0 Å². The third-order valence-corrected chi connectivity index (χ3v) is 3.50. The zero-order valence-corrected chi connectivity index (χ0v) is 13.5. The Morgan fingerprint density at radius 1 is 1.21 bits per heavy atom. The molecule has 0 atom stereocenters. The van der Waals surface area contributed by atoms with Crippen molar-refractivity contribution >= 4 is 12.0 Å². The second-order valence-corrected chi connectivity index (χ2v) is 5.10. The van der Waals surface area contributed by atoms with Crippen LogP contribution in [0.15, 0.2) is 54.6 Å². The van der Waals surface area contributed by atoms with Gasteiger partial charge in [0.25, 0.3) is 5.91 Å². The van der Waals surface area contributed by atoms with Crippen LogP contribution in [0.5, 0.6) is 5.75 Å². The van der Waals surface area contributed by atoms with Gasteiger partial charge in [-0.25, -0.2) is 4.39 Å². The van der Waals surface area contributed by atoms with E-state index >= 15 is 0 Å². The molecule has 2 aromatic rings. The molecule has 0 spiro atoms. The predicted octanol–water partition coefficient (Wildman–Crippen LogP) is 2.98. The van der Waals surface area contributed by atoms with Crippen molar-refractivity contribution in [1.82, 2.24) is 4.90 Å². The molecule has 0 fully saturated rings. The summed E-state index contributed by atoms with van der Waals surface area (Å²) in [5.41, 5.74) is 0.874. The first-order chi connectivity index (χ1) is 11.7. The lowest BCUT2D eigenvalue weighted by molar-refractivity contribution is 0.0734. The summed E-state index contributed by atoms with van der Waals surface area (Å²) in [6.45, 7) is 0.156. The Labute approximate surface area is 140 Å². The summed E-state index contributed by atoms with van der Waals surface area (Å²) in [5, 5.41) is 9.20. The number of methoxy groups -OCH3 is 1. The van der Waals surface area contributed by atoms with Gasteiger partial charge in [0.2, 0.25) is 0 Å². The molecular formula is C19H20FNO3. The van der Waals surface area contributed by atoms with Crippen molar-refractivity contribution in [1.29, 1.82) is 0 Å². The third kappa shape index (κ3) is 4.43. The van der Waals surface area contributed by atoms with E-state index in [0.717, 1.165) is 5.56 Å². The van der Waals surface area contributed by atoms with Crippen molar-refractivity contribution in [2.45, 2.75) is 0 Å². The van der Waals surface area contributed by atoms with E-state index < -0.39 is 11.7 Å². The number of rotatable bonds is 7. The Morgan fingerprint density at radius 3 is 2.62 bits per heavy atom. The fourth-order valence-electron chi connectivity index (χ4n) is 2.32. The molecule has 0 aromatic heterocycles. The largest absolute Gasteiger partial charge is 0.496 e. The number of amides is 1. The van der Waals surface area contributed by atoms with Crippen molar-refractivity contribution in [3.05, 3.63) is 71.6 Å². The first kappa shape index (κ1) is 17.7. The Morgan fingerprint density at radius 2 is 1.96 bits per heavy atom. The van der Waals surface area contributed by atoms with E-state index in [-0.39, 0.29) is 31.0 Å². The van der Waals surface area contributed by atoms with Crippen LogP contribution < -0.4 is 4.74 Å². The van der Waals surface area contributed by atoms with E-state index in [0.29, 0.717) is 0 Å². The maximum Gasteiger partial charge on any atom is 0.260 e. The number of hydrogen-bond donors (Lipinski definition) is 1. The number of ether oxygens (including phenoxy) is 1. The molecule has 1 N–H and O–H groups in total. The zero-order valence-electron chi connectivity index (χ0n) is 13.5. The molecule has 2 aromatic carbocycles. The Kier molecular flexibility index (Phi) is 6.51. The minimum atomic E-state index is -0.644. The average molecular weight is 329 g/mol. The maximum atomic E-state index is 14.1. The zero-order chi connectivity index (χ0) is 17.4. The summed E-state index contributed by atoms with van der Waals surface area (Å²) in [6, 6.07) is 13.9. The highest BCUT2D eigenvalue weighted by atomic mass is 19.1. The van der Waals surface area contributed by atoms with Crippen molar-refractivity contribution in [2.24, 2.45) is 0 Å². The van der Waals surface area contributed by atoms with Crippen LogP contribution in [0.2, 0.25) is 0 Å². The van der Waals surface area contributed by atoms with Crippen LogP contribution in [0, 0.1) is 5.82 Å². The lowest BCUT2D eigenvalue weighted by Gasteiger charge is -2.21. The number of carbonyl (C=O) groups is 1. The predicted molar refractivity (Wildman–Crippen MR) is 91.4 cm³/mol. The van der Waals surface area contributed by atoms with E-state index in [4.69, 9.17) is 4.74 Å². The van der Waals surface area contributed by atoms with Crippen LogP contribution >= 0.6 is 0 Å². The maximum absolute atomic E-state index is 14.1. The number of benzene rings is 2. The molecule has 0 aliphatic rings. The fraction of sp³-hybridized carbons (Fsp3) is 0.211. The van der Waals surface area contributed by atoms with Crippen molar-refractivity contribution in [3.8, 4) is 5.75 Å². The van der Waals surface area contributed by atoms with Gasteiger partial charge in [0, 0.05) is 13.1 Å². The number of halogens is 1. The van der Waals surface area contributed by atoms with Gasteiger partial charge in [-0.3, -0.25) is 4.79 Å². The lowest BCUT2D eigenvalue weighted by Crippen LogP contribution is -2.34. The third-order valence-electron chi connectivity index (χ3n) is 3.50. The highest BCUT2D eigenvalue weighted by Crippen LogP contribution is 2.23. The highest BCUT2D eigenvalue weighted by Gasteiger charge is 2.22. The van der Waals surface area contributed by atoms with Crippen molar-refractivity contribution in [3.63, 3.8) is 0 Å². The van der Waals surface area contributed by atoms with E-state index in [1.165, 1.54) is 30.2 Å². The van der Waals surface area contributed by atoms with Gasteiger partial charge in [0.1, 0.15) is 17.1 Å². The second-order valence-electron chi connectivity index (χ2n) is 5.10. The molecule has 1 amide bonds. The minimum Gasteiger partial charge on any atom is -0.496 e. The quantitative estimate of drug-likeness (QED) is 0.849. The van der Waals surface area contributed by atoms with Gasteiger partial charge in [-0.05, 0) is 17.7 Å². The number of nitrogens with zero attached hydrogens (tertiary/aromatic N) is 1. The molecular weight excluding hydrogens is 309 g/mol. The van der Waals surface area contributed by atoms with Crippen LogP contribution in [0.4, 0.5) is 4.39 Å². The summed E-state index contributed by atoms with van der Waals surface area (Å²) >= 11 is 0. The normalized spacial score (nSPS) is 10.8. The summed E-state index contributed by atoms with van der Waals surface area (Å²) in [7, 11) is 1.39. The van der Waals surface area contributed by atoms with E-state index in [2.05, 4.69) is 0 Å². The van der Waals surface area contributed by atoms with Gasteiger partial charge in [-0.2, -0.15) is 0 Å². The first-order valence-corrected chi connectivity index (χ1v) is 7.61. The summed E-state index contributed by atoms with van der Waals surface area (Å²) in [5.74, 6) is -0.985. The highest BCUT2D eigenvalue weighted by molar-refractivity contribution is 5.97. The lowest BCUT2D eigenvalue weighted by atomic mass is 10.1. The van der Waals surface area contributed by atoms with Crippen LogP contribution in [-0.2, 0) is 0 Å². The topological polar surface area (TPSA) is 49.8 Å². The Bertz CT molecular complexity index is 701. The summed E-state index contributed by atoms with van der Waals surface area (Å²) in [4.78, 5) is 14.0.